The Morgan fingerprint density at radius 1 is 0.950 bits per heavy atom. The van der Waals surface area contributed by atoms with E-state index in [9.17, 15) is 19.2 Å². The third-order valence-corrected chi connectivity index (χ3v) is 6.48. The second-order valence-corrected chi connectivity index (χ2v) is 9.30. The maximum atomic E-state index is 13.2. The summed E-state index contributed by atoms with van der Waals surface area (Å²) in [4.78, 5) is 49.2. The van der Waals surface area contributed by atoms with Crippen molar-refractivity contribution in [2.75, 3.05) is 16.0 Å². The monoisotopic (exact) mass is 535 g/mol. The number of nitrogens with one attached hydrogen (secondary N) is 3. The summed E-state index contributed by atoms with van der Waals surface area (Å²) in [6.45, 7) is 1.77. The minimum Gasteiger partial charge on any atom is -0.481 e. The number of amides is 2. The number of benzene rings is 3. The molecule has 2 amide bonds. The van der Waals surface area contributed by atoms with Crippen LogP contribution in [0.1, 0.15) is 49.6 Å². The van der Waals surface area contributed by atoms with Gasteiger partial charge >= 0.3 is 5.97 Å². The van der Waals surface area contributed by atoms with Crippen LogP contribution in [-0.4, -0.2) is 28.7 Å². The molecule has 9 nitrogen and oxygen atoms in total. The third-order valence-electron chi connectivity index (χ3n) is 6.48. The first kappa shape index (κ1) is 26.2. The van der Waals surface area contributed by atoms with Gasteiger partial charge < -0.3 is 25.5 Å². The van der Waals surface area contributed by atoms with Gasteiger partial charge in [-0.05, 0) is 55.3 Å². The van der Waals surface area contributed by atoms with Crippen LogP contribution in [0.2, 0.25) is 0 Å². The normalized spacial score (nSPS) is 13.0. The van der Waals surface area contributed by atoms with Crippen LogP contribution in [0.4, 0.5) is 17.1 Å². The Morgan fingerprint density at radius 3 is 2.45 bits per heavy atom. The molecule has 200 valence electrons. The number of furan rings is 1. The van der Waals surface area contributed by atoms with Gasteiger partial charge in [-0.2, -0.15) is 0 Å². The van der Waals surface area contributed by atoms with Crippen molar-refractivity contribution in [3.63, 3.8) is 0 Å². The van der Waals surface area contributed by atoms with Crippen LogP contribution in [0.25, 0.3) is 5.57 Å². The molecule has 0 saturated carbocycles. The SMILES string of the molecule is Cc1ccoc1C(=O)Nc1cccc(C(=O)c2ccc3c(c2)NC(=O)/C3=C\Nc2ccc(CCC(=O)O)cc2)c1. The molecule has 0 spiro atoms. The first-order chi connectivity index (χ1) is 19.3. The summed E-state index contributed by atoms with van der Waals surface area (Å²) in [5.41, 5.74) is 5.16. The zero-order valence-electron chi connectivity index (χ0n) is 21.5. The van der Waals surface area contributed by atoms with Crippen LogP contribution in [0.5, 0.6) is 0 Å². The topological polar surface area (TPSA) is 138 Å². The summed E-state index contributed by atoms with van der Waals surface area (Å²) in [5, 5.41) is 17.5. The maximum Gasteiger partial charge on any atom is 0.303 e. The summed E-state index contributed by atoms with van der Waals surface area (Å²) in [6, 6.07) is 20.6. The van der Waals surface area contributed by atoms with Crippen molar-refractivity contribution in [2.45, 2.75) is 19.8 Å². The summed E-state index contributed by atoms with van der Waals surface area (Å²) in [7, 11) is 0. The predicted molar refractivity (Wildman–Crippen MR) is 150 cm³/mol. The number of aliphatic carboxylic acids is 1. The molecule has 2 heterocycles. The van der Waals surface area contributed by atoms with Crippen LogP contribution >= 0.6 is 0 Å². The van der Waals surface area contributed by atoms with Gasteiger partial charge in [-0.1, -0.05) is 36.4 Å². The third kappa shape index (κ3) is 5.68. The molecule has 1 aromatic heterocycles. The highest BCUT2D eigenvalue weighted by atomic mass is 16.4. The van der Waals surface area contributed by atoms with Gasteiger partial charge in [0.05, 0.1) is 11.8 Å². The fraction of sp³-hybridized carbons (Fsp3) is 0.0968. The van der Waals surface area contributed by atoms with E-state index in [0.717, 1.165) is 11.3 Å². The number of aryl methyl sites for hydroxylation is 2. The van der Waals surface area contributed by atoms with Crippen LogP contribution in [0, 0.1) is 6.92 Å². The Kier molecular flexibility index (Phi) is 7.28. The summed E-state index contributed by atoms with van der Waals surface area (Å²) in [6.07, 6.45) is 3.54. The molecule has 0 fully saturated rings. The van der Waals surface area contributed by atoms with E-state index in [0.29, 0.717) is 45.6 Å². The quantitative estimate of drug-likeness (QED) is 0.164. The molecule has 0 atom stereocenters. The number of hydrogen-bond acceptors (Lipinski definition) is 6. The van der Waals surface area contributed by atoms with Crippen LogP contribution in [0.3, 0.4) is 0 Å². The highest BCUT2D eigenvalue weighted by Crippen LogP contribution is 2.33. The smallest absolute Gasteiger partial charge is 0.303 e. The Hall–Kier alpha value is -5.44. The molecule has 0 radical (unpaired) electrons. The molecular formula is C31H25N3O6. The molecule has 3 aromatic carbocycles. The molecule has 1 aliphatic heterocycles. The molecule has 4 N–H and O–H groups in total. The summed E-state index contributed by atoms with van der Waals surface area (Å²) >= 11 is 0. The van der Waals surface area contributed by atoms with E-state index in [4.69, 9.17) is 9.52 Å². The van der Waals surface area contributed by atoms with E-state index in [1.807, 2.05) is 24.3 Å². The van der Waals surface area contributed by atoms with Crippen molar-refractivity contribution in [3.05, 3.63) is 119 Å². The minimum atomic E-state index is -0.846. The van der Waals surface area contributed by atoms with E-state index in [-0.39, 0.29) is 23.9 Å². The Morgan fingerprint density at radius 2 is 1.73 bits per heavy atom. The van der Waals surface area contributed by atoms with Crippen LogP contribution in [0.15, 0.2) is 89.7 Å². The van der Waals surface area contributed by atoms with Crippen molar-refractivity contribution < 1.29 is 28.7 Å². The standard InChI is InChI=1S/C31H25N3O6/c1-18-13-14-40-29(18)31(39)33-23-4-2-3-20(15-23)28(37)21-8-11-24-25(30(38)34-26(24)16-21)17-32-22-9-5-19(6-10-22)7-12-27(35)36/h2-6,8-11,13-17,32H,7,12H2,1H3,(H,33,39)(H,34,38)(H,35,36)/b25-17-. The molecule has 4 aromatic rings. The van der Waals surface area contributed by atoms with Gasteiger partial charge in [-0.25, -0.2) is 0 Å². The predicted octanol–water partition coefficient (Wildman–Crippen LogP) is 5.49. The first-order valence-corrected chi connectivity index (χ1v) is 12.5. The number of fused-ring (bicyclic) bond motifs is 1. The first-order valence-electron chi connectivity index (χ1n) is 12.5. The van der Waals surface area contributed by atoms with Crippen LogP contribution < -0.4 is 16.0 Å². The van der Waals surface area contributed by atoms with Crippen molar-refractivity contribution in [2.24, 2.45) is 0 Å². The van der Waals surface area contributed by atoms with E-state index in [1.54, 1.807) is 61.7 Å². The van der Waals surface area contributed by atoms with Gasteiger partial charge in [-0.15, -0.1) is 0 Å². The molecule has 5 rings (SSSR count). The van der Waals surface area contributed by atoms with Gasteiger partial charge in [0.15, 0.2) is 11.5 Å². The van der Waals surface area contributed by atoms with Gasteiger partial charge in [0, 0.05) is 51.9 Å². The average molecular weight is 536 g/mol. The summed E-state index contributed by atoms with van der Waals surface area (Å²) in [5.74, 6) is -1.61. The Bertz CT molecular complexity index is 1670. The molecular weight excluding hydrogens is 510 g/mol. The highest BCUT2D eigenvalue weighted by molar-refractivity contribution is 6.32. The largest absolute Gasteiger partial charge is 0.481 e. The van der Waals surface area contributed by atoms with Gasteiger partial charge in [-0.3, -0.25) is 19.2 Å². The number of anilines is 3. The molecule has 0 aliphatic carbocycles. The second-order valence-electron chi connectivity index (χ2n) is 9.30. The highest BCUT2D eigenvalue weighted by Gasteiger charge is 2.25. The molecule has 0 saturated heterocycles. The minimum absolute atomic E-state index is 0.0613. The lowest BCUT2D eigenvalue weighted by molar-refractivity contribution is -0.137. The fourth-order valence-electron chi connectivity index (χ4n) is 4.35. The molecule has 40 heavy (non-hydrogen) atoms. The van der Waals surface area contributed by atoms with E-state index in [1.165, 1.54) is 6.26 Å². The molecule has 0 unspecified atom stereocenters. The number of carboxylic acid groups (broad SMARTS) is 1. The molecule has 9 heteroatoms. The number of rotatable bonds is 9. The van der Waals surface area contributed by atoms with E-state index in [2.05, 4.69) is 16.0 Å². The Balaban J connectivity index is 1.29. The van der Waals surface area contributed by atoms with Crippen LogP contribution in [-0.2, 0) is 16.0 Å². The molecule has 0 bridgehead atoms. The van der Waals surface area contributed by atoms with Crippen molar-refractivity contribution in [1.82, 2.24) is 0 Å². The van der Waals surface area contributed by atoms with Crippen molar-refractivity contribution in [1.29, 1.82) is 0 Å². The number of hydrogen-bond donors (Lipinski definition) is 4. The van der Waals surface area contributed by atoms with Crippen molar-refractivity contribution >= 4 is 46.2 Å². The van der Waals surface area contributed by atoms with Gasteiger partial charge in [0.25, 0.3) is 11.8 Å². The zero-order valence-corrected chi connectivity index (χ0v) is 21.5. The van der Waals surface area contributed by atoms with E-state index >= 15 is 0 Å². The van der Waals surface area contributed by atoms with E-state index < -0.39 is 11.9 Å². The number of carboxylic acids is 1. The van der Waals surface area contributed by atoms with Gasteiger partial charge in [0.2, 0.25) is 0 Å². The average Bonchev–Trinajstić information content (AvgIpc) is 3.52. The van der Waals surface area contributed by atoms with Crippen molar-refractivity contribution in [3.8, 4) is 0 Å². The number of ketones is 1. The lowest BCUT2D eigenvalue weighted by Gasteiger charge is -2.08. The maximum absolute atomic E-state index is 13.2. The zero-order chi connectivity index (χ0) is 28.2. The Labute approximate surface area is 229 Å². The fourth-order valence-corrected chi connectivity index (χ4v) is 4.35. The summed E-state index contributed by atoms with van der Waals surface area (Å²) < 4.78 is 5.23. The molecule has 1 aliphatic rings. The lowest BCUT2D eigenvalue weighted by atomic mass is 9.99. The van der Waals surface area contributed by atoms with Gasteiger partial charge in [0.1, 0.15) is 0 Å². The number of carbonyl (C=O) groups is 4. The number of carbonyl (C=O) groups excluding carboxylic acids is 3. The second kappa shape index (κ2) is 11.1. The lowest BCUT2D eigenvalue weighted by Crippen LogP contribution is -2.12.